The Kier molecular flexibility index (Phi) is 25.7. The van der Waals surface area contributed by atoms with E-state index in [2.05, 4.69) is 58.0 Å². The number of benzene rings is 2. The average molecular weight is 379 g/mol. The second-order valence-corrected chi connectivity index (χ2v) is 4.43. The first-order valence-electron chi connectivity index (χ1n) is 9.77. The molecular formula is C23H38O4. The highest BCUT2D eigenvalue weighted by atomic mass is 16.5. The lowest BCUT2D eigenvalue weighted by molar-refractivity contribution is -0.143. The molecule has 0 spiro atoms. The highest BCUT2D eigenvalue weighted by molar-refractivity contribution is 5.82. The predicted molar refractivity (Wildman–Crippen MR) is 116 cm³/mol. The molecule has 0 aliphatic heterocycles. The quantitative estimate of drug-likeness (QED) is 0.578. The fourth-order valence-corrected chi connectivity index (χ4v) is 1.60. The molecule has 0 unspecified atom stereocenters. The van der Waals surface area contributed by atoms with Gasteiger partial charge in [0.2, 0.25) is 0 Å². The molecule has 0 bridgehead atoms. The number of rotatable bonds is 3. The maximum Gasteiger partial charge on any atom is 0.305 e. The Morgan fingerprint density at radius 2 is 1.04 bits per heavy atom. The van der Waals surface area contributed by atoms with Crippen LogP contribution in [0.4, 0.5) is 0 Å². The highest BCUT2D eigenvalue weighted by Gasteiger charge is 1.91. The van der Waals surface area contributed by atoms with Gasteiger partial charge in [0.1, 0.15) is 0 Å². The van der Waals surface area contributed by atoms with E-state index < -0.39 is 0 Å². The number of esters is 2. The van der Waals surface area contributed by atoms with E-state index in [0.717, 1.165) is 0 Å². The molecule has 0 amide bonds. The van der Waals surface area contributed by atoms with Crippen LogP contribution in [0.1, 0.15) is 61.8 Å². The van der Waals surface area contributed by atoms with Crippen LogP contribution >= 0.6 is 0 Å². The van der Waals surface area contributed by atoms with Gasteiger partial charge in [-0.25, -0.2) is 0 Å². The number of hydrogen-bond acceptors (Lipinski definition) is 4. The van der Waals surface area contributed by atoms with Crippen molar-refractivity contribution >= 4 is 22.7 Å². The molecule has 27 heavy (non-hydrogen) atoms. The first kappa shape index (κ1) is 29.4. The first-order chi connectivity index (χ1) is 13.0. The third kappa shape index (κ3) is 19.8. The Morgan fingerprint density at radius 3 is 1.19 bits per heavy atom. The number of hydrogen-bond donors (Lipinski definition) is 0. The van der Waals surface area contributed by atoms with Crippen molar-refractivity contribution in [1.82, 2.24) is 0 Å². The Hall–Kier alpha value is -2.36. The number of carbonyl (C=O) groups is 2. The summed E-state index contributed by atoms with van der Waals surface area (Å²) < 4.78 is 8.95. The van der Waals surface area contributed by atoms with Crippen molar-refractivity contribution in [1.29, 1.82) is 0 Å². The monoisotopic (exact) mass is 378 g/mol. The molecule has 0 aromatic heterocycles. The van der Waals surface area contributed by atoms with Crippen molar-refractivity contribution in [2.24, 2.45) is 0 Å². The third-order valence-electron chi connectivity index (χ3n) is 2.60. The minimum Gasteiger partial charge on any atom is -0.466 e. The van der Waals surface area contributed by atoms with Gasteiger partial charge in [-0.2, -0.15) is 0 Å². The summed E-state index contributed by atoms with van der Waals surface area (Å²) in [6.45, 7) is 15.7. The van der Waals surface area contributed by atoms with Crippen molar-refractivity contribution in [2.45, 2.75) is 61.8 Å². The first-order valence-corrected chi connectivity index (χ1v) is 9.77. The molecule has 0 saturated carbocycles. The number of ether oxygens (including phenoxy) is 2. The molecule has 0 heterocycles. The Bertz CT molecular complexity index is 514. The molecular weight excluding hydrogens is 340 g/mol. The topological polar surface area (TPSA) is 52.6 Å². The Balaban J connectivity index is -0.000000304. The van der Waals surface area contributed by atoms with Crippen LogP contribution in [-0.2, 0) is 19.1 Å². The molecule has 2 aromatic carbocycles. The maximum absolute atomic E-state index is 10.2. The predicted octanol–water partition coefficient (Wildman–Crippen LogP) is 6.42. The molecule has 4 heteroatoms. The molecule has 0 atom stereocenters. The van der Waals surface area contributed by atoms with E-state index in [0.29, 0.717) is 19.6 Å². The molecule has 0 saturated heterocycles. The van der Waals surface area contributed by atoms with Crippen LogP contribution < -0.4 is 0 Å². The van der Waals surface area contributed by atoms with Gasteiger partial charge in [-0.1, -0.05) is 83.1 Å². The summed E-state index contributed by atoms with van der Waals surface area (Å²) in [4.78, 5) is 20.0. The lowest BCUT2D eigenvalue weighted by Crippen LogP contribution is -2.00. The molecule has 2 rings (SSSR count). The summed E-state index contributed by atoms with van der Waals surface area (Å²) in [5.74, 6) is -0.333. The SMILES string of the molecule is CC.CC.CCOC(=O)CC.CCOC(C)=O.c1ccc2ccccc2c1. The van der Waals surface area contributed by atoms with Crippen molar-refractivity contribution < 1.29 is 19.1 Å². The van der Waals surface area contributed by atoms with Gasteiger partial charge in [0.15, 0.2) is 0 Å². The highest BCUT2D eigenvalue weighted by Crippen LogP contribution is 2.11. The average Bonchev–Trinajstić information content (AvgIpc) is 2.72. The van der Waals surface area contributed by atoms with Crippen LogP contribution in [0.15, 0.2) is 48.5 Å². The maximum atomic E-state index is 10.2. The summed E-state index contributed by atoms with van der Waals surface area (Å²) in [6.07, 6.45) is 0.480. The van der Waals surface area contributed by atoms with Gasteiger partial charge in [-0.15, -0.1) is 0 Å². The minimum absolute atomic E-state index is 0.123. The molecule has 154 valence electrons. The lowest BCUT2D eigenvalue weighted by atomic mass is 10.1. The van der Waals surface area contributed by atoms with Crippen LogP contribution in [0.25, 0.3) is 10.8 Å². The van der Waals surface area contributed by atoms with E-state index in [4.69, 9.17) is 0 Å². The normalized spacial score (nSPS) is 8.00. The largest absolute Gasteiger partial charge is 0.466 e. The van der Waals surface area contributed by atoms with E-state index in [1.165, 1.54) is 17.7 Å². The standard InChI is InChI=1S/C10H8.C5H10O2.C4H8O2.2C2H6/c1-2-6-10-8-4-3-7-9(10)5-1;1-3-5(6)7-4-2;1-3-6-4(2)5;2*1-2/h1-8H;3-4H2,1-2H3;3H2,1-2H3;2*1-2H3. The van der Waals surface area contributed by atoms with Gasteiger partial charge < -0.3 is 9.47 Å². The van der Waals surface area contributed by atoms with Gasteiger partial charge in [0, 0.05) is 13.3 Å². The Labute approximate surface area is 165 Å². The van der Waals surface area contributed by atoms with Crippen molar-refractivity contribution in [2.75, 3.05) is 13.2 Å². The van der Waals surface area contributed by atoms with Crippen molar-refractivity contribution in [3.63, 3.8) is 0 Å². The van der Waals surface area contributed by atoms with E-state index in [1.54, 1.807) is 20.8 Å². The van der Waals surface area contributed by atoms with Crippen molar-refractivity contribution in [3.8, 4) is 0 Å². The van der Waals surface area contributed by atoms with E-state index in [-0.39, 0.29) is 11.9 Å². The molecule has 2 aromatic rings. The van der Waals surface area contributed by atoms with Gasteiger partial charge in [0.05, 0.1) is 13.2 Å². The summed E-state index contributed by atoms with van der Waals surface area (Å²) in [7, 11) is 0. The summed E-state index contributed by atoms with van der Waals surface area (Å²) >= 11 is 0. The summed E-state index contributed by atoms with van der Waals surface area (Å²) in [5.41, 5.74) is 0. The summed E-state index contributed by atoms with van der Waals surface area (Å²) in [5, 5.41) is 2.62. The zero-order valence-electron chi connectivity index (χ0n) is 18.4. The van der Waals surface area contributed by atoms with Crippen molar-refractivity contribution in [3.05, 3.63) is 48.5 Å². The molecule has 0 aliphatic rings. The molecule has 0 fully saturated rings. The van der Waals surface area contributed by atoms with Gasteiger partial charge in [0.25, 0.3) is 0 Å². The van der Waals surface area contributed by atoms with E-state index in [9.17, 15) is 9.59 Å². The molecule has 4 nitrogen and oxygen atoms in total. The number of carbonyl (C=O) groups excluding carboxylic acids is 2. The zero-order chi connectivity index (χ0) is 21.5. The Morgan fingerprint density at radius 1 is 0.704 bits per heavy atom. The van der Waals surface area contributed by atoms with Crippen LogP contribution in [-0.4, -0.2) is 25.2 Å². The van der Waals surface area contributed by atoms with E-state index >= 15 is 0 Å². The second-order valence-electron chi connectivity index (χ2n) is 4.43. The third-order valence-corrected chi connectivity index (χ3v) is 2.60. The zero-order valence-corrected chi connectivity index (χ0v) is 18.4. The second kappa shape index (κ2) is 23.6. The van der Waals surface area contributed by atoms with Crippen LogP contribution in [0, 0.1) is 0 Å². The molecule has 0 N–H and O–H groups in total. The van der Waals surface area contributed by atoms with E-state index in [1.807, 2.05) is 27.7 Å². The van der Waals surface area contributed by atoms with Crippen LogP contribution in [0.5, 0.6) is 0 Å². The number of fused-ring (bicyclic) bond motifs is 1. The van der Waals surface area contributed by atoms with Crippen LogP contribution in [0.2, 0.25) is 0 Å². The fourth-order valence-electron chi connectivity index (χ4n) is 1.60. The molecule has 0 aliphatic carbocycles. The van der Waals surface area contributed by atoms with Crippen LogP contribution in [0.3, 0.4) is 0 Å². The lowest BCUT2D eigenvalue weighted by Gasteiger charge is -1.93. The minimum atomic E-state index is -0.211. The van der Waals surface area contributed by atoms with Gasteiger partial charge in [-0.05, 0) is 24.6 Å². The fraction of sp³-hybridized carbons (Fsp3) is 0.478. The smallest absolute Gasteiger partial charge is 0.305 e. The summed E-state index contributed by atoms with van der Waals surface area (Å²) in [6, 6.07) is 16.7. The molecule has 0 radical (unpaired) electrons. The van der Waals surface area contributed by atoms with Gasteiger partial charge in [-0.3, -0.25) is 9.59 Å². The van der Waals surface area contributed by atoms with Gasteiger partial charge >= 0.3 is 11.9 Å².